The van der Waals surface area contributed by atoms with Crippen molar-refractivity contribution in [3.63, 3.8) is 0 Å². The van der Waals surface area contributed by atoms with E-state index in [2.05, 4.69) is 0 Å². The van der Waals surface area contributed by atoms with Gasteiger partial charge in [-0.3, -0.25) is 4.79 Å². The maximum Gasteiger partial charge on any atom is 0.162 e. The topological polar surface area (TPSA) is 17.1 Å². The molecule has 0 bridgehead atoms. The minimum atomic E-state index is 0.184. The van der Waals surface area contributed by atoms with Gasteiger partial charge in [0.25, 0.3) is 0 Å². The van der Waals surface area contributed by atoms with Gasteiger partial charge >= 0.3 is 0 Å². The highest BCUT2D eigenvalue weighted by Crippen LogP contribution is 2.14. The average molecular weight is 197 g/mol. The fourth-order valence-corrected chi connectivity index (χ4v) is 1.52. The van der Waals surface area contributed by atoms with E-state index in [1.807, 2.05) is 32.0 Å². The lowest BCUT2D eigenvalue weighted by Crippen LogP contribution is -1.98. The zero-order chi connectivity index (χ0) is 9.84. The highest BCUT2D eigenvalue weighted by atomic mass is 35.5. The van der Waals surface area contributed by atoms with E-state index in [9.17, 15) is 4.79 Å². The van der Waals surface area contributed by atoms with Crippen LogP contribution in [0.15, 0.2) is 18.2 Å². The predicted molar refractivity (Wildman–Crippen MR) is 55.4 cm³/mol. The molecule has 13 heavy (non-hydrogen) atoms. The Bertz CT molecular complexity index is 318. The molecule has 0 saturated heterocycles. The highest BCUT2D eigenvalue weighted by molar-refractivity contribution is 6.17. The molecule has 1 aromatic carbocycles. The summed E-state index contributed by atoms with van der Waals surface area (Å²) in [4.78, 5) is 11.3. The van der Waals surface area contributed by atoms with Gasteiger partial charge < -0.3 is 0 Å². The highest BCUT2D eigenvalue weighted by Gasteiger charge is 2.04. The molecule has 1 nitrogen and oxygen atoms in total. The normalized spacial score (nSPS) is 10.1. The van der Waals surface area contributed by atoms with Crippen molar-refractivity contribution in [1.29, 1.82) is 0 Å². The molecule has 2 heteroatoms. The second-order valence-electron chi connectivity index (χ2n) is 3.05. The molecular weight excluding hydrogens is 184 g/mol. The molecule has 0 aromatic heterocycles. The molecule has 0 aliphatic rings. The van der Waals surface area contributed by atoms with E-state index in [1.165, 1.54) is 0 Å². The second kappa shape index (κ2) is 4.43. The fourth-order valence-electron chi connectivity index (χ4n) is 1.22. The summed E-state index contributed by atoms with van der Waals surface area (Å²) < 4.78 is 0. The number of hydrogen-bond acceptors (Lipinski definition) is 1. The summed E-state index contributed by atoms with van der Waals surface area (Å²) in [5.74, 6) is 0.691. The molecule has 1 rings (SSSR count). The Hall–Kier alpha value is -0.820. The summed E-state index contributed by atoms with van der Waals surface area (Å²) in [5, 5.41) is 0. The molecule has 0 spiro atoms. The van der Waals surface area contributed by atoms with Crippen LogP contribution in [0.5, 0.6) is 0 Å². The van der Waals surface area contributed by atoms with E-state index in [-0.39, 0.29) is 5.78 Å². The first kappa shape index (κ1) is 10.3. The second-order valence-corrected chi connectivity index (χ2v) is 3.32. The predicted octanol–water partition coefficient (Wildman–Crippen LogP) is 3.33. The van der Waals surface area contributed by atoms with Crippen molar-refractivity contribution in [3.8, 4) is 0 Å². The van der Waals surface area contributed by atoms with Crippen LogP contribution in [0, 0.1) is 6.92 Å². The van der Waals surface area contributed by atoms with E-state index in [0.29, 0.717) is 12.3 Å². The van der Waals surface area contributed by atoms with Crippen LogP contribution < -0.4 is 0 Å². The van der Waals surface area contributed by atoms with Crippen LogP contribution >= 0.6 is 11.6 Å². The molecular formula is C11H13ClO. The molecule has 1 aromatic rings. The van der Waals surface area contributed by atoms with Crippen molar-refractivity contribution in [2.45, 2.75) is 26.1 Å². The van der Waals surface area contributed by atoms with Crippen molar-refractivity contribution in [2.24, 2.45) is 0 Å². The summed E-state index contributed by atoms with van der Waals surface area (Å²) in [7, 11) is 0. The van der Waals surface area contributed by atoms with Crippen LogP contribution in [-0.4, -0.2) is 5.78 Å². The Kier molecular flexibility index (Phi) is 3.49. The van der Waals surface area contributed by atoms with Crippen LogP contribution in [-0.2, 0) is 5.88 Å². The number of rotatable bonds is 3. The number of carbonyl (C=O) groups excluding carboxylic acids is 1. The van der Waals surface area contributed by atoms with Gasteiger partial charge in [0.1, 0.15) is 0 Å². The van der Waals surface area contributed by atoms with Gasteiger partial charge in [0, 0.05) is 17.9 Å². The van der Waals surface area contributed by atoms with Crippen molar-refractivity contribution in [2.75, 3.05) is 0 Å². The lowest BCUT2D eigenvalue weighted by Gasteiger charge is -2.04. The Labute approximate surface area is 83.7 Å². The molecule has 0 unspecified atom stereocenters. The maximum absolute atomic E-state index is 11.3. The first-order valence-electron chi connectivity index (χ1n) is 4.37. The summed E-state index contributed by atoms with van der Waals surface area (Å²) in [6.45, 7) is 3.84. The first-order chi connectivity index (χ1) is 6.19. The minimum Gasteiger partial charge on any atom is -0.294 e. The van der Waals surface area contributed by atoms with Crippen molar-refractivity contribution >= 4 is 17.4 Å². The van der Waals surface area contributed by atoms with Gasteiger partial charge in [0.05, 0.1) is 0 Å². The Morgan fingerprint density at radius 1 is 1.46 bits per heavy atom. The lowest BCUT2D eigenvalue weighted by atomic mass is 10.0. The Morgan fingerprint density at radius 3 is 2.62 bits per heavy atom. The molecule has 0 atom stereocenters. The van der Waals surface area contributed by atoms with Crippen LogP contribution in [0.1, 0.15) is 34.8 Å². The zero-order valence-corrected chi connectivity index (χ0v) is 8.69. The Morgan fingerprint density at radius 2 is 2.15 bits per heavy atom. The number of benzene rings is 1. The van der Waals surface area contributed by atoms with Gasteiger partial charge in [0.2, 0.25) is 0 Å². The molecule has 0 fully saturated rings. The molecule has 0 radical (unpaired) electrons. The number of hydrogen-bond donors (Lipinski definition) is 0. The zero-order valence-electron chi connectivity index (χ0n) is 7.93. The van der Waals surface area contributed by atoms with Crippen LogP contribution in [0.2, 0.25) is 0 Å². The van der Waals surface area contributed by atoms with E-state index in [1.54, 1.807) is 0 Å². The summed E-state index contributed by atoms with van der Waals surface area (Å²) >= 11 is 5.71. The third-order valence-electron chi connectivity index (χ3n) is 2.13. The van der Waals surface area contributed by atoms with Crippen LogP contribution in [0.4, 0.5) is 0 Å². The largest absolute Gasteiger partial charge is 0.294 e. The molecule has 70 valence electrons. The van der Waals surface area contributed by atoms with Gasteiger partial charge in [-0.15, -0.1) is 11.6 Å². The van der Waals surface area contributed by atoms with Crippen molar-refractivity contribution < 1.29 is 4.79 Å². The van der Waals surface area contributed by atoms with E-state index < -0.39 is 0 Å². The van der Waals surface area contributed by atoms with Crippen molar-refractivity contribution in [1.82, 2.24) is 0 Å². The van der Waals surface area contributed by atoms with Crippen molar-refractivity contribution in [3.05, 3.63) is 34.9 Å². The van der Waals surface area contributed by atoms with E-state index >= 15 is 0 Å². The lowest BCUT2D eigenvalue weighted by molar-refractivity contribution is 0.0988. The molecule has 0 aliphatic carbocycles. The van der Waals surface area contributed by atoms with Crippen LogP contribution in [0.25, 0.3) is 0 Å². The van der Waals surface area contributed by atoms with Gasteiger partial charge in [-0.1, -0.05) is 19.1 Å². The Balaban J connectivity index is 3.02. The number of ketones is 1. The van der Waals surface area contributed by atoms with Gasteiger partial charge in [0.15, 0.2) is 5.78 Å². The molecule has 0 aliphatic heterocycles. The monoisotopic (exact) mass is 196 g/mol. The van der Waals surface area contributed by atoms with E-state index in [4.69, 9.17) is 11.6 Å². The minimum absolute atomic E-state index is 0.184. The summed E-state index contributed by atoms with van der Waals surface area (Å²) in [6.07, 6.45) is 0.555. The summed E-state index contributed by atoms with van der Waals surface area (Å²) in [6, 6.07) is 5.67. The maximum atomic E-state index is 11.3. The van der Waals surface area contributed by atoms with Gasteiger partial charge in [-0.05, 0) is 24.1 Å². The number of alkyl halides is 1. The number of carbonyl (C=O) groups is 1. The third kappa shape index (κ3) is 2.31. The third-order valence-corrected chi connectivity index (χ3v) is 2.42. The molecule has 0 heterocycles. The van der Waals surface area contributed by atoms with Gasteiger partial charge in [-0.25, -0.2) is 0 Å². The van der Waals surface area contributed by atoms with Gasteiger partial charge in [-0.2, -0.15) is 0 Å². The standard InChI is InChI=1S/C11H13ClO/c1-3-11(13)9-4-5-10(7-12)8(2)6-9/h4-6H,3,7H2,1-2H3. The molecule has 0 N–H and O–H groups in total. The quantitative estimate of drug-likeness (QED) is 0.536. The van der Waals surface area contributed by atoms with E-state index in [0.717, 1.165) is 16.7 Å². The number of Topliss-reactive ketones (excluding diaryl/α,β-unsaturated/α-hetero) is 1. The number of aryl methyl sites for hydroxylation is 1. The molecule has 0 amide bonds. The first-order valence-corrected chi connectivity index (χ1v) is 4.91. The number of halogens is 1. The smallest absolute Gasteiger partial charge is 0.162 e. The SMILES string of the molecule is CCC(=O)c1ccc(CCl)c(C)c1. The molecule has 0 saturated carbocycles. The fraction of sp³-hybridized carbons (Fsp3) is 0.364. The summed E-state index contributed by atoms with van der Waals surface area (Å²) in [5.41, 5.74) is 2.97. The van der Waals surface area contributed by atoms with Crippen LogP contribution in [0.3, 0.4) is 0 Å². The average Bonchev–Trinajstić information content (AvgIpc) is 2.16.